The van der Waals surface area contributed by atoms with Gasteiger partial charge in [-0.3, -0.25) is 0 Å². The third-order valence-electron chi connectivity index (χ3n) is 2.80. The summed E-state index contributed by atoms with van der Waals surface area (Å²) < 4.78 is 5.34. The summed E-state index contributed by atoms with van der Waals surface area (Å²) in [6, 6.07) is 8.91. The van der Waals surface area contributed by atoms with Gasteiger partial charge in [-0.2, -0.15) is 0 Å². The highest BCUT2D eigenvalue weighted by Crippen LogP contribution is 2.24. The maximum atomic E-state index is 5.34. The molecule has 1 unspecified atom stereocenters. The van der Waals surface area contributed by atoms with Crippen LogP contribution < -0.4 is 5.32 Å². The number of oxazole rings is 1. The van der Waals surface area contributed by atoms with Crippen molar-refractivity contribution in [2.75, 3.05) is 12.8 Å². The van der Waals surface area contributed by atoms with Crippen LogP contribution >= 0.6 is 11.8 Å². The van der Waals surface area contributed by atoms with Crippen molar-refractivity contribution in [2.45, 2.75) is 25.1 Å². The van der Waals surface area contributed by atoms with Crippen LogP contribution in [0.2, 0.25) is 0 Å². The number of aryl methyl sites for hydroxylation is 2. The van der Waals surface area contributed by atoms with Crippen molar-refractivity contribution >= 4 is 11.8 Å². The van der Waals surface area contributed by atoms with E-state index in [1.807, 2.05) is 14.0 Å². The first kappa shape index (κ1) is 13.2. The molecule has 3 nitrogen and oxygen atoms in total. The summed E-state index contributed by atoms with van der Waals surface area (Å²) in [7, 11) is 1.98. The number of thioether (sulfide) groups is 1. The molecule has 0 amide bonds. The summed E-state index contributed by atoms with van der Waals surface area (Å²) in [5.74, 6) is 0.902. The van der Waals surface area contributed by atoms with Crippen LogP contribution in [0.1, 0.15) is 22.9 Å². The van der Waals surface area contributed by atoms with Gasteiger partial charge in [0.15, 0.2) is 0 Å². The normalized spacial score (nSPS) is 12.6. The number of aromatic nitrogens is 1. The molecule has 1 aromatic heterocycles. The molecule has 0 spiro atoms. The largest absolute Gasteiger partial charge is 0.440 e. The first-order valence-corrected chi connectivity index (χ1v) is 6.96. The van der Waals surface area contributed by atoms with E-state index in [0.29, 0.717) is 6.04 Å². The van der Waals surface area contributed by atoms with Crippen LogP contribution in [0.25, 0.3) is 0 Å². The van der Waals surface area contributed by atoms with E-state index in [1.54, 1.807) is 18.0 Å². The molecule has 0 saturated heterocycles. The van der Waals surface area contributed by atoms with Gasteiger partial charge >= 0.3 is 0 Å². The fourth-order valence-electron chi connectivity index (χ4n) is 1.70. The highest BCUT2D eigenvalue weighted by Gasteiger charge is 2.11. The molecule has 18 heavy (non-hydrogen) atoms. The summed E-state index contributed by atoms with van der Waals surface area (Å²) in [5, 5.41) is 4.06. The summed E-state index contributed by atoms with van der Waals surface area (Å²) in [6.45, 7) is 4.03. The van der Waals surface area contributed by atoms with Crippen molar-refractivity contribution in [1.82, 2.24) is 10.3 Å². The predicted octanol–water partition coefficient (Wildman–Crippen LogP) is 3.34. The number of benzene rings is 1. The molecule has 2 rings (SSSR count). The minimum absolute atomic E-state index is 0.308. The van der Waals surface area contributed by atoms with Gasteiger partial charge in [-0.15, -0.1) is 0 Å². The van der Waals surface area contributed by atoms with Crippen LogP contribution in [0.4, 0.5) is 0 Å². The molecular formula is C14H18N2OS. The van der Waals surface area contributed by atoms with Gasteiger partial charge in [-0.1, -0.05) is 41.6 Å². The second-order valence-corrected chi connectivity index (χ2v) is 5.29. The topological polar surface area (TPSA) is 38.1 Å². The van der Waals surface area contributed by atoms with Gasteiger partial charge in [0, 0.05) is 11.8 Å². The van der Waals surface area contributed by atoms with Crippen molar-refractivity contribution < 1.29 is 4.42 Å². The lowest BCUT2D eigenvalue weighted by Gasteiger charge is -2.15. The molecule has 1 aromatic carbocycles. The van der Waals surface area contributed by atoms with E-state index in [1.165, 1.54) is 11.1 Å². The molecule has 96 valence electrons. The number of nitrogens with zero attached hydrogens (tertiary/aromatic N) is 1. The van der Waals surface area contributed by atoms with Crippen molar-refractivity contribution in [3.63, 3.8) is 0 Å². The molecule has 0 aliphatic rings. The minimum atomic E-state index is 0.308. The summed E-state index contributed by atoms with van der Waals surface area (Å²) in [5.41, 5.74) is 3.50. The second-order valence-electron chi connectivity index (χ2n) is 4.32. The molecule has 1 atom stereocenters. The van der Waals surface area contributed by atoms with Crippen molar-refractivity contribution in [1.29, 1.82) is 0 Å². The third-order valence-corrected chi connectivity index (χ3v) is 3.73. The Morgan fingerprint density at radius 1 is 1.28 bits per heavy atom. The van der Waals surface area contributed by atoms with Crippen molar-refractivity contribution in [3.8, 4) is 0 Å². The van der Waals surface area contributed by atoms with E-state index in [4.69, 9.17) is 4.42 Å². The fraction of sp³-hybridized carbons (Fsp3) is 0.357. The predicted molar refractivity (Wildman–Crippen MR) is 74.9 cm³/mol. The van der Waals surface area contributed by atoms with E-state index in [2.05, 4.69) is 41.5 Å². The average Bonchev–Trinajstić information content (AvgIpc) is 2.78. The molecule has 2 aromatic rings. The Kier molecular flexibility index (Phi) is 4.44. The molecule has 0 bridgehead atoms. The van der Waals surface area contributed by atoms with Crippen LogP contribution in [-0.4, -0.2) is 17.8 Å². The van der Waals surface area contributed by atoms with Gasteiger partial charge in [0.2, 0.25) is 0 Å². The molecule has 0 aliphatic carbocycles. The summed E-state index contributed by atoms with van der Waals surface area (Å²) >= 11 is 1.63. The SMILES string of the molecule is CNC(CSc1nc(C)co1)c1ccc(C)cc1. The second kappa shape index (κ2) is 6.07. The summed E-state index contributed by atoms with van der Waals surface area (Å²) in [6.07, 6.45) is 1.68. The molecule has 0 aliphatic heterocycles. The Hall–Kier alpha value is -1.26. The van der Waals surface area contributed by atoms with Crippen LogP contribution in [0.3, 0.4) is 0 Å². The Balaban J connectivity index is 1.99. The number of nitrogens with one attached hydrogen (secondary N) is 1. The zero-order chi connectivity index (χ0) is 13.0. The lowest BCUT2D eigenvalue weighted by molar-refractivity contribution is 0.453. The standard InChI is InChI=1S/C14H18N2OS/c1-10-4-6-12(7-5-10)13(15-3)9-18-14-16-11(2)8-17-14/h4-8,13,15H,9H2,1-3H3. The van der Waals surface area contributed by atoms with Crippen molar-refractivity contribution in [2.24, 2.45) is 0 Å². The number of hydrogen-bond donors (Lipinski definition) is 1. The zero-order valence-corrected chi connectivity index (χ0v) is 11.8. The van der Waals surface area contributed by atoms with Gasteiger partial charge in [-0.05, 0) is 26.5 Å². The van der Waals surface area contributed by atoms with Gasteiger partial charge in [-0.25, -0.2) is 4.98 Å². The van der Waals surface area contributed by atoms with E-state index in [9.17, 15) is 0 Å². The zero-order valence-electron chi connectivity index (χ0n) is 10.9. The van der Waals surface area contributed by atoms with Crippen LogP contribution in [-0.2, 0) is 0 Å². The fourth-order valence-corrected chi connectivity index (χ4v) is 2.69. The molecular weight excluding hydrogens is 244 g/mol. The molecule has 4 heteroatoms. The van der Waals surface area contributed by atoms with E-state index < -0.39 is 0 Å². The highest BCUT2D eigenvalue weighted by atomic mass is 32.2. The monoisotopic (exact) mass is 262 g/mol. The molecule has 0 saturated carbocycles. The summed E-state index contributed by atoms with van der Waals surface area (Å²) in [4.78, 5) is 4.29. The number of hydrogen-bond acceptors (Lipinski definition) is 4. The molecule has 1 N–H and O–H groups in total. The van der Waals surface area contributed by atoms with Gasteiger partial charge in [0.25, 0.3) is 5.22 Å². The lowest BCUT2D eigenvalue weighted by atomic mass is 10.1. The maximum Gasteiger partial charge on any atom is 0.255 e. The Bertz CT molecular complexity index is 493. The first-order chi connectivity index (χ1) is 8.69. The first-order valence-electron chi connectivity index (χ1n) is 5.98. The quantitative estimate of drug-likeness (QED) is 0.839. The number of rotatable bonds is 5. The van der Waals surface area contributed by atoms with E-state index in [-0.39, 0.29) is 0 Å². The lowest BCUT2D eigenvalue weighted by Crippen LogP contribution is -2.18. The van der Waals surface area contributed by atoms with Crippen molar-refractivity contribution in [3.05, 3.63) is 47.3 Å². The average molecular weight is 262 g/mol. The molecule has 1 heterocycles. The van der Waals surface area contributed by atoms with Gasteiger partial charge in [0.1, 0.15) is 6.26 Å². The van der Waals surface area contributed by atoms with E-state index in [0.717, 1.165) is 16.7 Å². The van der Waals surface area contributed by atoms with Gasteiger partial charge < -0.3 is 9.73 Å². The molecule has 0 fully saturated rings. The van der Waals surface area contributed by atoms with Crippen LogP contribution in [0.5, 0.6) is 0 Å². The van der Waals surface area contributed by atoms with Gasteiger partial charge in [0.05, 0.1) is 5.69 Å². The van der Waals surface area contributed by atoms with Crippen LogP contribution in [0.15, 0.2) is 40.2 Å². The Morgan fingerprint density at radius 3 is 2.56 bits per heavy atom. The Labute approximate surface area is 112 Å². The smallest absolute Gasteiger partial charge is 0.255 e. The highest BCUT2D eigenvalue weighted by molar-refractivity contribution is 7.99. The Morgan fingerprint density at radius 2 is 2.00 bits per heavy atom. The maximum absolute atomic E-state index is 5.34. The minimum Gasteiger partial charge on any atom is -0.440 e. The van der Waals surface area contributed by atoms with E-state index >= 15 is 0 Å². The van der Waals surface area contributed by atoms with Crippen LogP contribution in [0, 0.1) is 13.8 Å². The third kappa shape index (κ3) is 3.37. The molecule has 0 radical (unpaired) electrons.